The first-order valence-electron chi connectivity index (χ1n) is 6.94. The van der Waals surface area contributed by atoms with E-state index in [1.165, 1.54) is 6.42 Å². The second-order valence-electron chi connectivity index (χ2n) is 5.07. The van der Waals surface area contributed by atoms with E-state index in [9.17, 15) is 4.79 Å². The molecular formula is C13H24N2O3. The van der Waals surface area contributed by atoms with Crippen LogP contribution in [-0.4, -0.2) is 62.9 Å². The molecule has 5 nitrogen and oxygen atoms in total. The van der Waals surface area contributed by atoms with Crippen LogP contribution in [0, 0.1) is 0 Å². The molecule has 1 amide bonds. The Bertz CT molecular complexity index is 261. The number of hydrogen-bond donors (Lipinski definition) is 1. The zero-order chi connectivity index (χ0) is 12.8. The van der Waals surface area contributed by atoms with Gasteiger partial charge in [0.25, 0.3) is 5.91 Å². The Morgan fingerprint density at radius 3 is 2.94 bits per heavy atom. The van der Waals surface area contributed by atoms with Gasteiger partial charge in [0, 0.05) is 32.8 Å². The lowest BCUT2D eigenvalue weighted by Crippen LogP contribution is -2.46. The van der Waals surface area contributed by atoms with Crippen molar-refractivity contribution in [1.82, 2.24) is 10.2 Å². The van der Waals surface area contributed by atoms with Crippen molar-refractivity contribution in [2.75, 3.05) is 40.0 Å². The number of methoxy groups -OCH3 is 1. The Morgan fingerprint density at radius 1 is 1.44 bits per heavy atom. The van der Waals surface area contributed by atoms with E-state index >= 15 is 0 Å². The minimum Gasteiger partial charge on any atom is -0.383 e. The summed E-state index contributed by atoms with van der Waals surface area (Å²) in [6.07, 6.45) is 4.00. The topological polar surface area (TPSA) is 50.8 Å². The molecule has 0 aliphatic carbocycles. The number of hydrogen-bond acceptors (Lipinski definition) is 4. The van der Waals surface area contributed by atoms with Crippen molar-refractivity contribution in [3.63, 3.8) is 0 Å². The van der Waals surface area contributed by atoms with E-state index in [2.05, 4.69) is 5.32 Å². The lowest BCUT2D eigenvalue weighted by Gasteiger charge is -2.27. The molecule has 0 radical (unpaired) electrons. The number of nitrogens with one attached hydrogen (secondary N) is 1. The molecule has 0 saturated carbocycles. The lowest BCUT2D eigenvalue weighted by molar-refractivity contribution is -0.141. The van der Waals surface area contributed by atoms with Crippen LogP contribution in [-0.2, 0) is 14.3 Å². The van der Waals surface area contributed by atoms with Crippen molar-refractivity contribution in [3.8, 4) is 0 Å². The highest BCUT2D eigenvalue weighted by Crippen LogP contribution is 2.16. The summed E-state index contributed by atoms with van der Waals surface area (Å²) in [5.41, 5.74) is 0. The first-order chi connectivity index (χ1) is 8.81. The Morgan fingerprint density at radius 2 is 2.33 bits per heavy atom. The van der Waals surface area contributed by atoms with Crippen LogP contribution in [0.1, 0.15) is 25.7 Å². The Labute approximate surface area is 109 Å². The summed E-state index contributed by atoms with van der Waals surface area (Å²) in [6.45, 7) is 3.81. The maximum atomic E-state index is 12.4. The number of carbonyl (C=O) groups excluding carboxylic acids is 1. The van der Waals surface area contributed by atoms with Gasteiger partial charge in [-0.25, -0.2) is 0 Å². The summed E-state index contributed by atoms with van der Waals surface area (Å²) in [6, 6.07) is 0.437. The third-order valence-corrected chi connectivity index (χ3v) is 3.69. The monoisotopic (exact) mass is 256 g/mol. The standard InChI is InChI=1S/C13H24N2O3/c1-17-9-7-15(10-11-4-2-6-14-11)13(16)12-5-3-8-18-12/h11-12,14H,2-10H2,1H3/t11?,12-/m0/s1. The van der Waals surface area contributed by atoms with E-state index in [1.54, 1.807) is 7.11 Å². The molecule has 2 rings (SSSR count). The number of rotatable bonds is 6. The van der Waals surface area contributed by atoms with Crippen molar-refractivity contribution < 1.29 is 14.3 Å². The SMILES string of the molecule is COCCN(CC1CCCN1)C(=O)[C@@H]1CCCO1. The minimum atomic E-state index is -0.219. The molecule has 0 spiro atoms. The third kappa shape index (κ3) is 3.67. The van der Waals surface area contributed by atoms with Crippen LogP contribution in [0.2, 0.25) is 0 Å². The highest BCUT2D eigenvalue weighted by atomic mass is 16.5. The molecule has 5 heteroatoms. The van der Waals surface area contributed by atoms with E-state index in [0.717, 1.165) is 39.0 Å². The van der Waals surface area contributed by atoms with Crippen LogP contribution >= 0.6 is 0 Å². The molecule has 0 aromatic carbocycles. The molecule has 2 atom stereocenters. The number of nitrogens with zero attached hydrogens (tertiary/aromatic N) is 1. The zero-order valence-corrected chi connectivity index (χ0v) is 11.2. The zero-order valence-electron chi connectivity index (χ0n) is 11.2. The molecule has 2 heterocycles. The average Bonchev–Trinajstić information content (AvgIpc) is 3.06. The quantitative estimate of drug-likeness (QED) is 0.747. The van der Waals surface area contributed by atoms with Gasteiger partial charge in [-0.05, 0) is 32.2 Å². The van der Waals surface area contributed by atoms with Crippen LogP contribution in [0.15, 0.2) is 0 Å². The molecule has 2 saturated heterocycles. The maximum absolute atomic E-state index is 12.4. The molecular weight excluding hydrogens is 232 g/mol. The van der Waals surface area contributed by atoms with Crippen LogP contribution in [0.5, 0.6) is 0 Å². The summed E-state index contributed by atoms with van der Waals surface area (Å²) in [5.74, 6) is 0.137. The van der Waals surface area contributed by atoms with E-state index < -0.39 is 0 Å². The smallest absolute Gasteiger partial charge is 0.251 e. The predicted octanol–water partition coefficient (Wildman–Crippen LogP) is 0.392. The molecule has 2 aliphatic heterocycles. The van der Waals surface area contributed by atoms with Gasteiger partial charge >= 0.3 is 0 Å². The second-order valence-corrected chi connectivity index (χ2v) is 5.07. The van der Waals surface area contributed by atoms with Gasteiger partial charge in [0.1, 0.15) is 6.10 Å². The number of amides is 1. The van der Waals surface area contributed by atoms with E-state index in [0.29, 0.717) is 19.2 Å². The van der Waals surface area contributed by atoms with Gasteiger partial charge in [0.2, 0.25) is 0 Å². The van der Waals surface area contributed by atoms with Crippen molar-refractivity contribution in [2.45, 2.75) is 37.8 Å². The molecule has 2 aliphatic rings. The van der Waals surface area contributed by atoms with Crippen molar-refractivity contribution in [2.24, 2.45) is 0 Å². The second kappa shape index (κ2) is 7.07. The Hall–Kier alpha value is -0.650. The molecule has 2 fully saturated rings. The van der Waals surface area contributed by atoms with Crippen LogP contribution < -0.4 is 5.32 Å². The van der Waals surface area contributed by atoms with Gasteiger partial charge < -0.3 is 19.7 Å². The van der Waals surface area contributed by atoms with Gasteiger partial charge in [-0.1, -0.05) is 0 Å². The maximum Gasteiger partial charge on any atom is 0.251 e. The molecule has 0 aromatic rings. The van der Waals surface area contributed by atoms with E-state index in [4.69, 9.17) is 9.47 Å². The first-order valence-corrected chi connectivity index (χ1v) is 6.94. The van der Waals surface area contributed by atoms with Gasteiger partial charge in [0.15, 0.2) is 0 Å². The molecule has 1 N–H and O–H groups in total. The van der Waals surface area contributed by atoms with Crippen LogP contribution in [0.25, 0.3) is 0 Å². The summed E-state index contributed by atoms with van der Waals surface area (Å²) < 4.78 is 10.6. The minimum absolute atomic E-state index is 0.137. The number of carbonyl (C=O) groups is 1. The summed E-state index contributed by atoms with van der Waals surface area (Å²) in [7, 11) is 1.67. The van der Waals surface area contributed by atoms with Gasteiger partial charge in [-0.2, -0.15) is 0 Å². The Kier molecular flexibility index (Phi) is 5.41. The fraction of sp³-hybridized carbons (Fsp3) is 0.923. The van der Waals surface area contributed by atoms with E-state index in [-0.39, 0.29) is 12.0 Å². The summed E-state index contributed by atoms with van der Waals surface area (Å²) >= 11 is 0. The van der Waals surface area contributed by atoms with Crippen molar-refractivity contribution in [3.05, 3.63) is 0 Å². The Balaban J connectivity index is 1.87. The molecule has 0 aromatic heterocycles. The molecule has 18 heavy (non-hydrogen) atoms. The fourth-order valence-electron chi connectivity index (χ4n) is 2.65. The van der Waals surface area contributed by atoms with Gasteiger partial charge in [-0.3, -0.25) is 4.79 Å². The highest BCUT2D eigenvalue weighted by Gasteiger charge is 2.29. The molecule has 1 unspecified atom stereocenters. The summed E-state index contributed by atoms with van der Waals surface area (Å²) in [5, 5.41) is 3.43. The highest BCUT2D eigenvalue weighted by molar-refractivity contribution is 5.81. The summed E-state index contributed by atoms with van der Waals surface area (Å²) in [4.78, 5) is 14.3. The molecule has 104 valence electrons. The largest absolute Gasteiger partial charge is 0.383 e. The van der Waals surface area contributed by atoms with Crippen molar-refractivity contribution in [1.29, 1.82) is 0 Å². The normalized spacial score (nSPS) is 27.6. The fourth-order valence-corrected chi connectivity index (χ4v) is 2.65. The van der Waals surface area contributed by atoms with Gasteiger partial charge in [0.05, 0.1) is 6.61 Å². The average molecular weight is 256 g/mol. The number of ether oxygens (including phenoxy) is 2. The van der Waals surface area contributed by atoms with Gasteiger partial charge in [-0.15, -0.1) is 0 Å². The third-order valence-electron chi connectivity index (χ3n) is 3.69. The van der Waals surface area contributed by atoms with Crippen molar-refractivity contribution >= 4 is 5.91 Å². The van der Waals surface area contributed by atoms with Crippen LogP contribution in [0.3, 0.4) is 0 Å². The molecule has 0 bridgehead atoms. The lowest BCUT2D eigenvalue weighted by atomic mass is 10.1. The predicted molar refractivity (Wildman–Crippen MR) is 68.5 cm³/mol. The van der Waals surface area contributed by atoms with E-state index in [1.807, 2.05) is 4.90 Å². The van der Waals surface area contributed by atoms with Crippen LogP contribution in [0.4, 0.5) is 0 Å². The first kappa shape index (κ1) is 13.8.